The average Bonchev–Trinajstić information content (AvgIpc) is 3.58. The number of benzene rings is 6. The van der Waals surface area contributed by atoms with Crippen molar-refractivity contribution in [1.82, 2.24) is 0 Å². The van der Waals surface area contributed by atoms with Gasteiger partial charge in [-0.15, -0.1) is 11.6 Å². The van der Waals surface area contributed by atoms with Crippen molar-refractivity contribution in [3.8, 4) is 0 Å². The van der Waals surface area contributed by atoms with Gasteiger partial charge in [0.2, 0.25) is 0 Å². The van der Waals surface area contributed by atoms with Crippen molar-refractivity contribution < 1.29 is 9.53 Å². The van der Waals surface area contributed by atoms with Crippen molar-refractivity contribution in [2.24, 2.45) is 5.41 Å². The van der Waals surface area contributed by atoms with Crippen molar-refractivity contribution in [3.63, 3.8) is 0 Å². The molecular weight excluding hydrogens is 690 g/mol. The van der Waals surface area contributed by atoms with Gasteiger partial charge in [0.15, 0.2) is 0 Å². The third-order valence-corrected chi connectivity index (χ3v) is 14.1. The highest BCUT2D eigenvalue weighted by atomic mass is 35.5. The Morgan fingerprint density at radius 1 is 0.774 bits per heavy atom. The fraction of sp³-hybridized carbons (Fsp3) is 0.239. The van der Waals surface area contributed by atoms with Gasteiger partial charge < -0.3 is 14.1 Å². The predicted octanol–water partition coefficient (Wildman–Crippen LogP) is 9.18. The topological polar surface area (TPSA) is 32.8 Å². The van der Waals surface area contributed by atoms with Crippen molar-refractivity contribution >= 4 is 70.8 Å². The number of carbonyl (C=O) groups excluding carboxylic acids is 1. The first-order valence-corrected chi connectivity index (χ1v) is 20.5. The molecule has 266 valence electrons. The molecule has 1 aliphatic heterocycles. The third kappa shape index (κ3) is 6.22. The van der Waals surface area contributed by atoms with Gasteiger partial charge in [0.05, 0.1) is 12.5 Å². The Kier molecular flexibility index (Phi) is 9.83. The Morgan fingerprint density at radius 3 is 1.92 bits per heavy atom. The summed E-state index contributed by atoms with van der Waals surface area (Å²) in [5, 5.41) is 5.10. The number of esters is 1. The number of hydrogen-bond donors (Lipinski definition) is 0. The van der Waals surface area contributed by atoms with E-state index in [0.29, 0.717) is 18.7 Å². The van der Waals surface area contributed by atoms with Gasteiger partial charge >= 0.3 is 13.0 Å². The van der Waals surface area contributed by atoms with E-state index in [1.165, 1.54) is 78.7 Å². The van der Waals surface area contributed by atoms with Gasteiger partial charge in [0.1, 0.15) is 0 Å². The summed E-state index contributed by atoms with van der Waals surface area (Å²) < 4.78 is 8.19. The largest absolute Gasteiger partial charge is 0.469 e. The standard InChI is InChI=1S/C46H45BClN2O2P/c1-32-38(25-16-28-48)44(33(2)40-30-46(3,29-39(32)40)45(51)52-4)47-49(31-34-17-8-5-9-18-34)41-26-14-19-35-20-15-27-42(43(35)41)50(47)53(36-21-10-6-11-22-36)37-23-12-7-13-24-37/h5-15,17-24,26-27H,16,25,28-31H2,1-4H3. The number of carbonyl (C=O) groups is 1. The van der Waals surface area contributed by atoms with Crippen molar-refractivity contribution in [1.29, 1.82) is 0 Å². The van der Waals surface area contributed by atoms with E-state index in [-0.39, 0.29) is 13.0 Å². The van der Waals surface area contributed by atoms with Gasteiger partial charge in [0, 0.05) is 37.3 Å². The summed E-state index contributed by atoms with van der Waals surface area (Å²) in [6.45, 7) is 7.24. The summed E-state index contributed by atoms with van der Waals surface area (Å²) in [7, 11) is 0.439. The molecule has 1 heterocycles. The molecule has 0 N–H and O–H groups in total. The number of fused-ring (bicyclic) bond motifs is 1. The van der Waals surface area contributed by atoms with E-state index in [1.54, 1.807) is 0 Å². The van der Waals surface area contributed by atoms with Crippen LogP contribution in [0, 0.1) is 19.3 Å². The number of alkyl halides is 1. The maximum absolute atomic E-state index is 13.4. The SMILES string of the molecule is COC(=O)C1(C)Cc2c(C)c(CCCCl)c(B3N(Cc4ccccc4)c4cccc5cccc(c45)N3P(c3ccccc3)c3ccccc3)c(C)c2C1. The molecule has 0 saturated carbocycles. The van der Waals surface area contributed by atoms with Gasteiger partial charge in [-0.05, 0) is 113 Å². The summed E-state index contributed by atoms with van der Waals surface area (Å²) in [6.07, 6.45) is 3.07. The fourth-order valence-corrected chi connectivity index (χ4v) is 11.6. The number of rotatable bonds is 10. The highest BCUT2D eigenvalue weighted by Crippen LogP contribution is 2.52. The van der Waals surface area contributed by atoms with E-state index in [0.717, 1.165) is 19.4 Å². The van der Waals surface area contributed by atoms with Gasteiger partial charge in [0.25, 0.3) is 0 Å². The molecular formula is C46H45BClN2O2P. The summed E-state index contributed by atoms with van der Waals surface area (Å²) >= 11 is 6.52. The van der Waals surface area contributed by atoms with E-state index in [2.05, 4.69) is 158 Å². The second-order valence-electron chi connectivity index (χ2n) is 14.8. The van der Waals surface area contributed by atoms with Crippen molar-refractivity contribution in [2.45, 2.75) is 53.0 Å². The maximum atomic E-state index is 13.4. The molecule has 0 fully saturated rings. The van der Waals surface area contributed by atoms with Crippen LogP contribution in [0.4, 0.5) is 11.4 Å². The lowest BCUT2D eigenvalue weighted by molar-refractivity contribution is -0.151. The van der Waals surface area contributed by atoms with Gasteiger partial charge in [-0.2, -0.15) is 0 Å². The minimum Gasteiger partial charge on any atom is -0.469 e. The first-order chi connectivity index (χ1) is 25.8. The molecule has 0 radical (unpaired) electrons. The first kappa shape index (κ1) is 35.5. The Labute approximate surface area is 320 Å². The molecule has 0 spiro atoms. The second kappa shape index (κ2) is 14.7. The van der Waals surface area contributed by atoms with E-state index in [1.807, 2.05) is 0 Å². The summed E-state index contributed by atoms with van der Waals surface area (Å²) in [4.78, 5) is 16.0. The minimum atomic E-state index is -1.08. The summed E-state index contributed by atoms with van der Waals surface area (Å²) in [6, 6.07) is 46.6. The van der Waals surface area contributed by atoms with Gasteiger partial charge in [-0.3, -0.25) is 4.79 Å². The molecule has 0 bridgehead atoms. The van der Waals surface area contributed by atoms with Crippen LogP contribution in [0.15, 0.2) is 127 Å². The van der Waals surface area contributed by atoms with Crippen LogP contribution in [-0.2, 0) is 35.3 Å². The molecule has 7 heteroatoms. The van der Waals surface area contributed by atoms with Crippen LogP contribution in [0.25, 0.3) is 10.8 Å². The van der Waals surface area contributed by atoms with E-state index < -0.39 is 13.5 Å². The minimum absolute atomic E-state index is 0.140. The quantitative estimate of drug-likeness (QED) is 0.0609. The van der Waals surface area contributed by atoms with Crippen LogP contribution < -0.4 is 25.5 Å². The Balaban J connectivity index is 1.48. The molecule has 2 aliphatic rings. The van der Waals surface area contributed by atoms with Crippen LogP contribution in [0.1, 0.15) is 46.7 Å². The molecule has 1 unspecified atom stereocenters. The molecule has 53 heavy (non-hydrogen) atoms. The normalized spacial score (nSPS) is 16.4. The molecule has 0 saturated heterocycles. The number of halogens is 1. The van der Waals surface area contributed by atoms with Crippen LogP contribution in [0.5, 0.6) is 0 Å². The predicted molar refractivity (Wildman–Crippen MR) is 226 cm³/mol. The third-order valence-electron chi connectivity index (χ3n) is 11.4. The Bertz CT molecular complexity index is 2240. The lowest BCUT2D eigenvalue weighted by Gasteiger charge is -2.49. The van der Waals surface area contributed by atoms with Crippen molar-refractivity contribution in [2.75, 3.05) is 22.4 Å². The van der Waals surface area contributed by atoms with Crippen LogP contribution in [0.3, 0.4) is 0 Å². The zero-order valence-electron chi connectivity index (χ0n) is 31.0. The van der Waals surface area contributed by atoms with Crippen LogP contribution in [0.2, 0.25) is 0 Å². The average molecular weight is 735 g/mol. The lowest BCUT2D eigenvalue weighted by Crippen LogP contribution is -2.63. The molecule has 1 aliphatic carbocycles. The molecule has 8 rings (SSSR count). The van der Waals surface area contributed by atoms with E-state index in [9.17, 15) is 4.79 Å². The Morgan fingerprint density at radius 2 is 1.34 bits per heavy atom. The summed E-state index contributed by atoms with van der Waals surface area (Å²) in [5.41, 5.74) is 11.0. The molecule has 4 nitrogen and oxygen atoms in total. The summed E-state index contributed by atoms with van der Waals surface area (Å²) in [5.74, 6) is 0.443. The molecule has 1 atom stereocenters. The number of nitrogens with zero attached hydrogens (tertiary/aromatic N) is 2. The molecule has 6 aromatic carbocycles. The lowest BCUT2D eigenvalue weighted by atomic mass is 9.58. The first-order valence-electron chi connectivity index (χ1n) is 18.6. The van der Waals surface area contributed by atoms with E-state index >= 15 is 0 Å². The van der Waals surface area contributed by atoms with E-state index in [4.69, 9.17) is 16.3 Å². The molecule has 6 aromatic rings. The zero-order valence-corrected chi connectivity index (χ0v) is 32.6. The molecule has 0 aromatic heterocycles. The zero-order chi connectivity index (χ0) is 36.7. The monoisotopic (exact) mass is 734 g/mol. The van der Waals surface area contributed by atoms with Gasteiger partial charge in [-0.1, -0.05) is 115 Å². The smallest absolute Gasteiger partial charge is 0.416 e. The highest BCUT2D eigenvalue weighted by Gasteiger charge is 2.48. The van der Waals surface area contributed by atoms with Crippen molar-refractivity contribution in [3.05, 3.63) is 161 Å². The van der Waals surface area contributed by atoms with Crippen LogP contribution >= 0.6 is 19.7 Å². The number of methoxy groups -OCH3 is 1. The maximum Gasteiger partial charge on any atom is 0.416 e. The fourth-order valence-electron chi connectivity index (χ4n) is 8.96. The highest BCUT2D eigenvalue weighted by molar-refractivity contribution is 7.76. The second-order valence-corrected chi connectivity index (χ2v) is 17.2. The Hall–Kier alpha value is -4.57. The number of anilines is 2. The molecule has 0 amide bonds. The van der Waals surface area contributed by atoms with Gasteiger partial charge in [-0.25, -0.2) is 0 Å². The van der Waals surface area contributed by atoms with Crippen LogP contribution in [-0.4, -0.2) is 25.9 Å². The number of hydrogen-bond acceptors (Lipinski definition) is 4. The number of ether oxygens (including phenoxy) is 1.